The normalized spacial score (nSPS) is 32.3. The molecule has 10 nitrogen and oxygen atoms in total. The minimum absolute atomic E-state index is 0.0548. The zero-order valence-corrected chi connectivity index (χ0v) is 11.2. The van der Waals surface area contributed by atoms with Crippen molar-refractivity contribution >= 4 is 5.91 Å². The molecule has 0 aromatic carbocycles. The van der Waals surface area contributed by atoms with Gasteiger partial charge in [0.1, 0.15) is 0 Å². The topological polar surface area (TPSA) is 153 Å². The first-order valence-corrected chi connectivity index (χ1v) is 6.38. The highest BCUT2D eigenvalue weighted by molar-refractivity contribution is 5.92. The second-order valence-corrected chi connectivity index (χ2v) is 5.66. The van der Waals surface area contributed by atoms with Gasteiger partial charge in [-0.3, -0.25) is 29.9 Å². The number of nitrogens with zero attached hydrogens (tertiary/aromatic N) is 3. The van der Waals surface area contributed by atoms with E-state index in [1.165, 1.54) is 4.90 Å². The fraction of sp³-hybridized carbons (Fsp3) is 0.727. The van der Waals surface area contributed by atoms with Crippen molar-refractivity contribution in [1.82, 2.24) is 4.90 Å². The highest BCUT2D eigenvalue weighted by atomic mass is 16.6. The minimum Gasteiger partial charge on any atom is -0.395 e. The summed E-state index contributed by atoms with van der Waals surface area (Å²) >= 11 is 0. The number of carbonyl (C=O) groups is 1. The van der Waals surface area contributed by atoms with Gasteiger partial charge in [-0.15, -0.1) is 0 Å². The quantitative estimate of drug-likeness (QED) is 0.464. The van der Waals surface area contributed by atoms with Crippen molar-refractivity contribution < 1.29 is 19.7 Å². The molecule has 1 aliphatic carbocycles. The van der Waals surface area contributed by atoms with Crippen LogP contribution in [0.5, 0.6) is 0 Å². The van der Waals surface area contributed by atoms with Crippen LogP contribution in [0.25, 0.3) is 0 Å². The fourth-order valence-electron chi connectivity index (χ4n) is 3.31. The Kier molecular flexibility index (Phi) is 3.68. The van der Waals surface area contributed by atoms with Crippen LogP contribution >= 0.6 is 0 Å². The average molecular weight is 300 g/mol. The molecule has 0 aromatic heterocycles. The van der Waals surface area contributed by atoms with Crippen LogP contribution in [0, 0.1) is 20.2 Å². The zero-order chi connectivity index (χ0) is 15.8. The van der Waals surface area contributed by atoms with E-state index in [2.05, 4.69) is 0 Å². The summed E-state index contributed by atoms with van der Waals surface area (Å²) in [5, 5.41) is 31.9. The van der Waals surface area contributed by atoms with E-state index in [4.69, 9.17) is 10.8 Å². The number of aliphatic hydroxyl groups is 1. The van der Waals surface area contributed by atoms with Gasteiger partial charge < -0.3 is 10.8 Å². The van der Waals surface area contributed by atoms with Crippen molar-refractivity contribution in [3.05, 3.63) is 31.9 Å². The van der Waals surface area contributed by atoms with Crippen LogP contribution in [0.15, 0.2) is 11.6 Å². The number of nitrogens with two attached hydrogens (primary N) is 1. The third-order valence-corrected chi connectivity index (χ3v) is 4.10. The van der Waals surface area contributed by atoms with Crippen LogP contribution in [0.1, 0.15) is 12.8 Å². The molecule has 0 saturated carbocycles. The Labute approximate surface area is 119 Å². The highest BCUT2D eigenvalue weighted by Gasteiger charge is 2.64. The second kappa shape index (κ2) is 5.04. The summed E-state index contributed by atoms with van der Waals surface area (Å²) in [6, 6.07) is 0. The molecule has 1 heterocycles. The summed E-state index contributed by atoms with van der Waals surface area (Å²) in [5.41, 5.74) is 1.76. The van der Waals surface area contributed by atoms with Crippen LogP contribution in [0.3, 0.4) is 0 Å². The van der Waals surface area contributed by atoms with Crippen molar-refractivity contribution in [2.24, 2.45) is 5.73 Å². The molecule has 2 unspecified atom stereocenters. The molecule has 0 aromatic rings. The van der Waals surface area contributed by atoms with Gasteiger partial charge in [-0.25, -0.2) is 0 Å². The molecular formula is C11H16N4O6. The molecule has 0 radical (unpaired) electrons. The number of aliphatic hydroxyl groups excluding tert-OH is 1. The van der Waals surface area contributed by atoms with Crippen LogP contribution in [-0.2, 0) is 4.79 Å². The van der Waals surface area contributed by atoms with Gasteiger partial charge in [0.05, 0.1) is 32.5 Å². The van der Waals surface area contributed by atoms with E-state index in [0.717, 1.165) is 6.08 Å². The van der Waals surface area contributed by atoms with E-state index < -0.39 is 26.8 Å². The standard InChI is InChI=1S/C11H16N4O6/c12-9(17)8-3-10(14(18)19)5-11(4-8,15(20)21)7-13(6-10)1-2-16/h3,16H,1-2,4-7H2,(H2,12,17). The number of hydrogen-bond acceptors (Lipinski definition) is 7. The average Bonchev–Trinajstić information content (AvgIpc) is 2.37. The lowest BCUT2D eigenvalue weighted by molar-refractivity contribution is -0.619. The molecule has 2 bridgehead atoms. The lowest BCUT2D eigenvalue weighted by Gasteiger charge is -2.44. The zero-order valence-electron chi connectivity index (χ0n) is 11.2. The first kappa shape index (κ1) is 15.3. The smallest absolute Gasteiger partial charge is 0.260 e. The summed E-state index contributed by atoms with van der Waals surface area (Å²) in [6.07, 6.45) is 0.645. The molecule has 116 valence electrons. The summed E-state index contributed by atoms with van der Waals surface area (Å²) in [5.74, 6) is -0.872. The summed E-state index contributed by atoms with van der Waals surface area (Å²) in [4.78, 5) is 34.7. The molecule has 1 aliphatic heterocycles. The Hall–Kier alpha value is -2.07. The van der Waals surface area contributed by atoms with Gasteiger partial charge in [-0.05, 0) is 0 Å². The predicted molar refractivity (Wildman–Crippen MR) is 69.5 cm³/mol. The van der Waals surface area contributed by atoms with E-state index in [9.17, 15) is 25.0 Å². The molecule has 10 heteroatoms. The number of piperidine rings is 1. The Bertz CT molecular complexity index is 535. The number of β-amino-alcohol motifs (C(OH)–C–C–N with tert-alkyl or cyclic N) is 1. The van der Waals surface area contributed by atoms with Crippen molar-refractivity contribution in [1.29, 1.82) is 0 Å². The van der Waals surface area contributed by atoms with Gasteiger partial charge in [0.25, 0.3) is 5.54 Å². The maximum Gasteiger partial charge on any atom is 0.260 e. The fourth-order valence-corrected chi connectivity index (χ4v) is 3.31. The van der Waals surface area contributed by atoms with E-state index >= 15 is 0 Å². The number of amides is 1. The van der Waals surface area contributed by atoms with E-state index in [1.807, 2.05) is 0 Å². The number of likely N-dealkylation sites (tertiary alicyclic amines) is 1. The number of rotatable bonds is 5. The third kappa shape index (κ3) is 2.47. The SMILES string of the molecule is NC(=O)C1=CC2([N+](=O)[O-])CN(CCO)CC([N+](=O)[O-])(C1)C2. The van der Waals surface area contributed by atoms with Crippen LogP contribution in [0.2, 0.25) is 0 Å². The molecule has 3 N–H and O–H groups in total. The second-order valence-electron chi connectivity index (χ2n) is 5.66. The third-order valence-electron chi connectivity index (χ3n) is 4.10. The summed E-state index contributed by atoms with van der Waals surface area (Å²) in [7, 11) is 0. The summed E-state index contributed by atoms with van der Waals surface area (Å²) < 4.78 is 0. The number of primary amides is 1. The van der Waals surface area contributed by atoms with E-state index in [-0.39, 0.29) is 44.7 Å². The van der Waals surface area contributed by atoms with Crippen molar-refractivity contribution in [3.63, 3.8) is 0 Å². The van der Waals surface area contributed by atoms with Crippen LogP contribution < -0.4 is 5.73 Å². The lowest BCUT2D eigenvalue weighted by Crippen LogP contribution is -2.67. The number of fused-ring (bicyclic) bond motifs is 2. The van der Waals surface area contributed by atoms with Gasteiger partial charge in [0.15, 0.2) is 0 Å². The Balaban J connectivity index is 2.53. The maximum atomic E-state index is 11.5. The molecule has 21 heavy (non-hydrogen) atoms. The Morgan fingerprint density at radius 1 is 1.38 bits per heavy atom. The van der Waals surface area contributed by atoms with Crippen LogP contribution in [-0.4, -0.2) is 63.1 Å². The van der Waals surface area contributed by atoms with Crippen molar-refractivity contribution in [2.75, 3.05) is 26.2 Å². The minimum atomic E-state index is -1.72. The molecule has 1 fully saturated rings. The van der Waals surface area contributed by atoms with Gasteiger partial charge in [0, 0.05) is 28.0 Å². The number of nitro groups is 2. The molecule has 1 saturated heterocycles. The first-order chi connectivity index (χ1) is 9.74. The predicted octanol–water partition coefficient (Wildman–Crippen LogP) is -1.47. The van der Waals surface area contributed by atoms with Gasteiger partial charge in [-0.1, -0.05) is 0 Å². The Morgan fingerprint density at radius 2 is 2.05 bits per heavy atom. The molecule has 2 aliphatic rings. The molecule has 0 spiro atoms. The van der Waals surface area contributed by atoms with Crippen molar-refractivity contribution in [3.8, 4) is 0 Å². The van der Waals surface area contributed by atoms with Crippen molar-refractivity contribution in [2.45, 2.75) is 23.9 Å². The van der Waals surface area contributed by atoms with Crippen LogP contribution in [0.4, 0.5) is 0 Å². The maximum absolute atomic E-state index is 11.5. The number of carbonyl (C=O) groups excluding carboxylic acids is 1. The van der Waals surface area contributed by atoms with E-state index in [0.29, 0.717) is 0 Å². The number of hydrogen-bond donors (Lipinski definition) is 2. The molecule has 1 amide bonds. The van der Waals surface area contributed by atoms with Gasteiger partial charge in [-0.2, -0.15) is 0 Å². The Morgan fingerprint density at radius 3 is 2.52 bits per heavy atom. The molecule has 2 rings (SSSR count). The van der Waals surface area contributed by atoms with Gasteiger partial charge in [0.2, 0.25) is 11.4 Å². The monoisotopic (exact) mass is 300 g/mol. The molecular weight excluding hydrogens is 284 g/mol. The highest BCUT2D eigenvalue weighted by Crippen LogP contribution is 2.42. The first-order valence-electron chi connectivity index (χ1n) is 6.38. The largest absolute Gasteiger partial charge is 0.395 e. The van der Waals surface area contributed by atoms with Gasteiger partial charge >= 0.3 is 0 Å². The lowest BCUT2D eigenvalue weighted by atomic mass is 9.69. The summed E-state index contributed by atoms with van der Waals surface area (Å²) in [6.45, 7) is -0.299. The molecule has 2 atom stereocenters. The van der Waals surface area contributed by atoms with E-state index in [1.54, 1.807) is 0 Å².